The summed E-state index contributed by atoms with van der Waals surface area (Å²) in [6.07, 6.45) is -1.38. The van der Waals surface area contributed by atoms with Gasteiger partial charge in [0.1, 0.15) is 12.2 Å². The van der Waals surface area contributed by atoms with E-state index >= 15 is 0 Å². The van der Waals surface area contributed by atoms with Crippen LogP contribution in [0.25, 0.3) is 0 Å². The maximum atomic E-state index is 12.4. The molecular formula is C20H24N2O4. The summed E-state index contributed by atoms with van der Waals surface area (Å²) in [5, 5.41) is 1.11. The smallest absolute Gasteiger partial charge is 0.429 e. The lowest BCUT2D eigenvalue weighted by Crippen LogP contribution is -2.47. The van der Waals surface area contributed by atoms with Crippen molar-refractivity contribution in [3.05, 3.63) is 71.8 Å². The maximum absolute atomic E-state index is 12.4. The van der Waals surface area contributed by atoms with Gasteiger partial charge in [0.15, 0.2) is 0 Å². The monoisotopic (exact) mass is 356 g/mol. The second-order valence-electron chi connectivity index (χ2n) is 6.73. The fourth-order valence-electron chi connectivity index (χ4n) is 2.10. The number of ether oxygens (including phenoxy) is 2. The molecule has 2 amide bonds. The Hall–Kier alpha value is -3.02. The minimum Gasteiger partial charge on any atom is -0.443 e. The Balaban J connectivity index is 2.00. The van der Waals surface area contributed by atoms with Gasteiger partial charge in [-0.15, -0.1) is 0 Å². The standard InChI is InChI=1S/C20H24N2O4/c1-20(2,3)26-19(24)22(14-16-10-6-4-7-11-16)21-18(23)25-15-17-12-8-5-9-13-17/h4-13H,14-15H2,1-3H3,(H,21,23). The van der Waals surface area contributed by atoms with Crippen molar-refractivity contribution in [2.24, 2.45) is 0 Å². The van der Waals surface area contributed by atoms with Crippen LogP contribution in [-0.4, -0.2) is 22.8 Å². The van der Waals surface area contributed by atoms with Crippen LogP contribution in [-0.2, 0) is 22.6 Å². The first kappa shape index (κ1) is 19.3. The van der Waals surface area contributed by atoms with Gasteiger partial charge in [0.2, 0.25) is 0 Å². The van der Waals surface area contributed by atoms with Gasteiger partial charge in [-0.2, -0.15) is 0 Å². The van der Waals surface area contributed by atoms with Crippen molar-refractivity contribution in [3.63, 3.8) is 0 Å². The summed E-state index contributed by atoms with van der Waals surface area (Å²) >= 11 is 0. The molecule has 1 N–H and O–H groups in total. The predicted octanol–water partition coefficient (Wildman–Crippen LogP) is 4.27. The van der Waals surface area contributed by atoms with Crippen LogP contribution in [0.5, 0.6) is 0 Å². The summed E-state index contributed by atoms with van der Waals surface area (Å²) < 4.78 is 10.5. The average molecular weight is 356 g/mol. The van der Waals surface area contributed by atoms with Crippen LogP contribution in [0.4, 0.5) is 9.59 Å². The minimum absolute atomic E-state index is 0.111. The van der Waals surface area contributed by atoms with Crippen molar-refractivity contribution < 1.29 is 19.1 Å². The highest BCUT2D eigenvalue weighted by Gasteiger charge is 2.24. The fraction of sp³-hybridized carbons (Fsp3) is 0.300. The minimum atomic E-state index is -0.726. The van der Waals surface area contributed by atoms with E-state index in [1.165, 1.54) is 0 Å². The van der Waals surface area contributed by atoms with E-state index in [4.69, 9.17) is 9.47 Å². The van der Waals surface area contributed by atoms with E-state index in [0.717, 1.165) is 16.1 Å². The molecule has 26 heavy (non-hydrogen) atoms. The van der Waals surface area contributed by atoms with Crippen LogP contribution in [0.15, 0.2) is 60.7 Å². The van der Waals surface area contributed by atoms with Crippen LogP contribution < -0.4 is 5.43 Å². The Labute approximate surface area is 153 Å². The number of hydrazine groups is 1. The first-order valence-corrected chi connectivity index (χ1v) is 8.35. The van der Waals surface area contributed by atoms with Gasteiger partial charge >= 0.3 is 12.2 Å². The van der Waals surface area contributed by atoms with Crippen molar-refractivity contribution in [1.82, 2.24) is 10.4 Å². The molecule has 2 aromatic carbocycles. The fourth-order valence-corrected chi connectivity index (χ4v) is 2.10. The maximum Gasteiger partial charge on any atom is 0.429 e. The van der Waals surface area contributed by atoms with Gasteiger partial charge in [-0.05, 0) is 31.9 Å². The predicted molar refractivity (Wildman–Crippen MR) is 98.0 cm³/mol. The molecule has 0 aliphatic carbocycles. The van der Waals surface area contributed by atoms with Gasteiger partial charge in [0, 0.05) is 0 Å². The van der Waals surface area contributed by atoms with Gasteiger partial charge in [-0.1, -0.05) is 60.7 Å². The lowest BCUT2D eigenvalue weighted by atomic mass is 10.2. The van der Waals surface area contributed by atoms with E-state index in [2.05, 4.69) is 5.43 Å². The molecule has 0 unspecified atom stereocenters. The van der Waals surface area contributed by atoms with Crippen molar-refractivity contribution in [3.8, 4) is 0 Å². The molecule has 0 bridgehead atoms. The van der Waals surface area contributed by atoms with E-state index in [1.54, 1.807) is 20.8 Å². The molecule has 2 aromatic rings. The Kier molecular flexibility index (Phi) is 6.60. The van der Waals surface area contributed by atoms with Gasteiger partial charge in [0.25, 0.3) is 0 Å². The first-order valence-electron chi connectivity index (χ1n) is 8.35. The Morgan fingerprint density at radius 1 is 0.923 bits per heavy atom. The number of nitrogens with one attached hydrogen (secondary N) is 1. The normalized spacial score (nSPS) is 10.7. The Morgan fingerprint density at radius 3 is 2.00 bits per heavy atom. The van der Waals surface area contributed by atoms with Gasteiger partial charge in [-0.25, -0.2) is 20.0 Å². The number of amides is 2. The molecule has 0 saturated carbocycles. The van der Waals surface area contributed by atoms with Crippen molar-refractivity contribution in [2.75, 3.05) is 0 Å². The number of carbonyl (C=O) groups is 2. The van der Waals surface area contributed by atoms with E-state index < -0.39 is 17.8 Å². The quantitative estimate of drug-likeness (QED) is 0.831. The molecule has 6 nitrogen and oxygen atoms in total. The topological polar surface area (TPSA) is 67.9 Å². The summed E-state index contributed by atoms with van der Waals surface area (Å²) in [6, 6.07) is 18.6. The van der Waals surface area contributed by atoms with Crippen LogP contribution in [0.2, 0.25) is 0 Å². The van der Waals surface area contributed by atoms with Gasteiger partial charge in [0.05, 0.1) is 6.54 Å². The highest BCUT2D eigenvalue weighted by atomic mass is 16.6. The molecule has 138 valence electrons. The summed E-state index contributed by atoms with van der Waals surface area (Å²) in [7, 11) is 0. The number of hydrogen-bond donors (Lipinski definition) is 1. The molecule has 0 aliphatic rings. The second-order valence-corrected chi connectivity index (χ2v) is 6.73. The molecule has 0 spiro atoms. The molecule has 0 aliphatic heterocycles. The first-order chi connectivity index (χ1) is 12.3. The van der Waals surface area contributed by atoms with E-state index in [9.17, 15) is 9.59 Å². The summed E-state index contributed by atoms with van der Waals surface area (Å²) in [4.78, 5) is 24.5. The van der Waals surface area contributed by atoms with Crippen LogP contribution >= 0.6 is 0 Å². The Bertz CT molecular complexity index is 712. The number of benzene rings is 2. The molecule has 0 fully saturated rings. The number of carbonyl (C=O) groups excluding carboxylic acids is 2. The average Bonchev–Trinajstić information content (AvgIpc) is 2.60. The van der Waals surface area contributed by atoms with E-state index in [0.29, 0.717) is 0 Å². The molecule has 0 aromatic heterocycles. The number of nitrogens with zero attached hydrogens (tertiary/aromatic N) is 1. The zero-order chi connectivity index (χ0) is 19.0. The highest BCUT2D eigenvalue weighted by molar-refractivity contribution is 5.74. The zero-order valence-electron chi connectivity index (χ0n) is 15.3. The second kappa shape index (κ2) is 8.89. The molecule has 0 saturated heterocycles. The van der Waals surface area contributed by atoms with Gasteiger partial charge < -0.3 is 9.47 Å². The molecular weight excluding hydrogens is 332 g/mol. The number of hydrogen-bond acceptors (Lipinski definition) is 4. The highest BCUT2D eigenvalue weighted by Crippen LogP contribution is 2.12. The third-order valence-electron chi connectivity index (χ3n) is 3.24. The van der Waals surface area contributed by atoms with E-state index in [1.807, 2.05) is 60.7 Å². The third-order valence-corrected chi connectivity index (χ3v) is 3.24. The third kappa shape index (κ3) is 6.84. The van der Waals surface area contributed by atoms with Crippen LogP contribution in [0.1, 0.15) is 31.9 Å². The van der Waals surface area contributed by atoms with Crippen LogP contribution in [0.3, 0.4) is 0 Å². The van der Waals surface area contributed by atoms with Crippen molar-refractivity contribution in [2.45, 2.75) is 39.5 Å². The molecule has 0 heterocycles. The molecule has 6 heteroatoms. The summed E-state index contributed by atoms with van der Waals surface area (Å²) in [5.41, 5.74) is 3.48. The SMILES string of the molecule is CC(C)(C)OC(=O)N(Cc1ccccc1)NC(=O)OCc1ccccc1. The molecule has 2 rings (SSSR count). The lowest BCUT2D eigenvalue weighted by molar-refractivity contribution is 0.00949. The number of rotatable bonds is 4. The summed E-state index contributed by atoms with van der Waals surface area (Å²) in [6.45, 7) is 5.56. The van der Waals surface area contributed by atoms with Crippen molar-refractivity contribution >= 4 is 12.2 Å². The molecule has 0 atom stereocenters. The lowest BCUT2D eigenvalue weighted by Gasteiger charge is -2.27. The van der Waals surface area contributed by atoms with Crippen molar-refractivity contribution in [1.29, 1.82) is 0 Å². The summed E-state index contributed by atoms with van der Waals surface area (Å²) in [5.74, 6) is 0. The largest absolute Gasteiger partial charge is 0.443 e. The van der Waals surface area contributed by atoms with E-state index in [-0.39, 0.29) is 13.2 Å². The van der Waals surface area contributed by atoms with Crippen LogP contribution in [0, 0.1) is 0 Å². The molecule has 0 radical (unpaired) electrons. The Morgan fingerprint density at radius 2 is 1.46 bits per heavy atom. The zero-order valence-corrected chi connectivity index (χ0v) is 15.3. The van der Waals surface area contributed by atoms with Gasteiger partial charge in [-0.3, -0.25) is 0 Å².